The molecule has 0 aliphatic carbocycles. The second-order valence-corrected chi connectivity index (χ2v) is 7.03. The number of carbonyl (C=O) groups is 1. The van der Waals surface area contributed by atoms with Crippen molar-refractivity contribution in [3.63, 3.8) is 0 Å². The first kappa shape index (κ1) is 15.5. The highest BCUT2D eigenvalue weighted by Crippen LogP contribution is 2.24. The van der Waals surface area contributed by atoms with E-state index in [0.29, 0.717) is 19.7 Å². The fraction of sp³-hybridized carbons (Fsp3) is 0.467. The molecule has 0 spiro atoms. The number of rotatable bonds is 3. The molecule has 3 rings (SSSR count). The van der Waals surface area contributed by atoms with Gasteiger partial charge < -0.3 is 15.0 Å². The fourth-order valence-electron chi connectivity index (χ4n) is 2.40. The Bertz CT molecular complexity index is 627. The number of morpholine rings is 1. The van der Waals surface area contributed by atoms with Crippen molar-refractivity contribution in [2.24, 2.45) is 0 Å². The van der Waals surface area contributed by atoms with Crippen LogP contribution in [0.4, 0.5) is 4.79 Å². The summed E-state index contributed by atoms with van der Waals surface area (Å²) in [7, 11) is 0. The molecule has 1 fully saturated rings. The lowest BCUT2D eigenvalue weighted by Gasteiger charge is -2.33. The predicted molar refractivity (Wildman–Crippen MR) is 88.4 cm³/mol. The summed E-state index contributed by atoms with van der Waals surface area (Å²) in [6, 6.07) is 1.93. The minimum absolute atomic E-state index is 0.0248. The lowest BCUT2D eigenvalue weighted by atomic mass is 10.1. The quantitative estimate of drug-likeness (QED) is 0.934. The molecule has 1 aliphatic heterocycles. The van der Waals surface area contributed by atoms with Crippen LogP contribution < -0.4 is 5.32 Å². The van der Waals surface area contributed by atoms with E-state index in [4.69, 9.17) is 4.74 Å². The van der Waals surface area contributed by atoms with Gasteiger partial charge >= 0.3 is 6.03 Å². The molecule has 2 aromatic heterocycles. The van der Waals surface area contributed by atoms with Gasteiger partial charge in [-0.3, -0.25) is 0 Å². The summed E-state index contributed by atoms with van der Waals surface area (Å²) in [5.74, 6) is 0. The van der Waals surface area contributed by atoms with Crippen molar-refractivity contribution in [3.05, 3.63) is 38.5 Å². The highest BCUT2D eigenvalue weighted by atomic mass is 32.1. The predicted octanol–water partition coefficient (Wildman–Crippen LogP) is 3.36. The first-order valence-electron chi connectivity index (χ1n) is 7.24. The zero-order valence-corrected chi connectivity index (χ0v) is 14.2. The Balaban J connectivity index is 1.59. The van der Waals surface area contributed by atoms with E-state index in [1.165, 1.54) is 0 Å². The Morgan fingerprint density at radius 3 is 3.09 bits per heavy atom. The van der Waals surface area contributed by atoms with Crippen molar-refractivity contribution in [1.29, 1.82) is 0 Å². The molecule has 22 heavy (non-hydrogen) atoms. The number of nitrogens with one attached hydrogen (secondary N) is 1. The molecule has 0 unspecified atom stereocenters. The summed E-state index contributed by atoms with van der Waals surface area (Å²) >= 11 is 3.22. The summed E-state index contributed by atoms with van der Waals surface area (Å²) in [6.07, 6.45) is -0.0248. The lowest BCUT2D eigenvalue weighted by molar-refractivity contribution is -0.0155. The number of carbonyl (C=O) groups excluding carboxylic acids is 1. The number of hydrogen-bond acceptors (Lipinski definition) is 5. The SMILES string of the molecule is Cc1csc([C@@H](C)NC(=O)N2CCO[C@H](c3ccsc3)C2)n1. The van der Waals surface area contributed by atoms with Crippen molar-refractivity contribution in [2.45, 2.75) is 26.0 Å². The zero-order valence-electron chi connectivity index (χ0n) is 12.6. The normalized spacial score (nSPS) is 19.9. The van der Waals surface area contributed by atoms with E-state index in [2.05, 4.69) is 21.7 Å². The van der Waals surface area contributed by atoms with Crippen LogP contribution in [0.1, 0.15) is 35.3 Å². The van der Waals surface area contributed by atoms with Gasteiger partial charge in [0.25, 0.3) is 0 Å². The van der Waals surface area contributed by atoms with E-state index in [1.807, 2.05) is 29.5 Å². The molecule has 7 heteroatoms. The van der Waals surface area contributed by atoms with Gasteiger partial charge in [0.1, 0.15) is 11.1 Å². The molecule has 0 radical (unpaired) electrons. The van der Waals surface area contributed by atoms with Crippen LogP contribution >= 0.6 is 22.7 Å². The third-order valence-electron chi connectivity index (χ3n) is 3.62. The van der Waals surface area contributed by atoms with Crippen LogP contribution in [0.25, 0.3) is 0 Å². The maximum absolute atomic E-state index is 12.4. The Labute approximate surface area is 137 Å². The number of thiophene rings is 1. The number of aryl methyl sites for hydroxylation is 1. The van der Waals surface area contributed by atoms with E-state index < -0.39 is 0 Å². The van der Waals surface area contributed by atoms with Gasteiger partial charge in [-0.15, -0.1) is 11.3 Å². The minimum Gasteiger partial charge on any atom is -0.370 e. The zero-order chi connectivity index (χ0) is 15.5. The number of amides is 2. The van der Waals surface area contributed by atoms with Crippen LogP contribution in [0, 0.1) is 6.92 Å². The van der Waals surface area contributed by atoms with E-state index in [9.17, 15) is 4.79 Å². The molecule has 5 nitrogen and oxygen atoms in total. The number of hydrogen-bond donors (Lipinski definition) is 1. The number of thiazole rings is 1. The minimum atomic E-state index is -0.0753. The van der Waals surface area contributed by atoms with Gasteiger partial charge in [0.05, 0.1) is 19.2 Å². The topological polar surface area (TPSA) is 54.5 Å². The highest BCUT2D eigenvalue weighted by Gasteiger charge is 2.26. The van der Waals surface area contributed by atoms with E-state index in [-0.39, 0.29) is 18.2 Å². The van der Waals surface area contributed by atoms with Gasteiger partial charge in [-0.05, 0) is 36.2 Å². The summed E-state index contributed by atoms with van der Waals surface area (Å²) in [5.41, 5.74) is 2.14. The number of nitrogens with zero attached hydrogens (tertiary/aromatic N) is 2. The average Bonchev–Trinajstić information content (AvgIpc) is 3.18. The van der Waals surface area contributed by atoms with Crippen molar-refractivity contribution >= 4 is 28.7 Å². The van der Waals surface area contributed by atoms with Crippen molar-refractivity contribution in [3.8, 4) is 0 Å². The van der Waals surface area contributed by atoms with Gasteiger partial charge in [-0.1, -0.05) is 0 Å². The first-order chi connectivity index (χ1) is 10.6. The molecule has 1 saturated heterocycles. The molecule has 2 atom stereocenters. The van der Waals surface area contributed by atoms with Crippen LogP contribution in [0.3, 0.4) is 0 Å². The van der Waals surface area contributed by atoms with Crippen LogP contribution in [-0.2, 0) is 4.74 Å². The molecule has 0 bridgehead atoms. The Kier molecular flexibility index (Phi) is 4.75. The maximum atomic E-state index is 12.4. The Morgan fingerprint density at radius 2 is 2.41 bits per heavy atom. The molecule has 0 aromatic carbocycles. The van der Waals surface area contributed by atoms with E-state index in [0.717, 1.165) is 16.3 Å². The molecule has 118 valence electrons. The van der Waals surface area contributed by atoms with Gasteiger partial charge in [-0.2, -0.15) is 11.3 Å². The molecule has 3 heterocycles. The van der Waals surface area contributed by atoms with Crippen molar-refractivity contribution in [1.82, 2.24) is 15.2 Å². The summed E-state index contributed by atoms with van der Waals surface area (Å²) in [6.45, 7) is 5.70. The molecule has 0 saturated carbocycles. The number of urea groups is 1. The Hall–Kier alpha value is -1.44. The second kappa shape index (κ2) is 6.76. The molecule has 2 aromatic rings. The van der Waals surface area contributed by atoms with Crippen molar-refractivity contribution in [2.75, 3.05) is 19.7 Å². The largest absolute Gasteiger partial charge is 0.370 e. The molecular formula is C15H19N3O2S2. The highest BCUT2D eigenvalue weighted by molar-refractivity contribution is 7.09. The third-order valence-corrected chi connectivity index (χ3v) is 5.46. The molecule has 1 N–H and O–H groups in total. The van der Waals surface area contributed by atoms with Crippen LogP contribution in [0.15, 0.2) is 22.2 Å². The Morgan fingerprint density at radius 1 is 1.55 bits per heavy atom. The maximum Gasteiger partial charge on any atom is 0.318 e. The second-order valence-electron chi connectivity index (χ2n) is 5.36. The standard InChI is InChI=1S/C15H19N3O2S2/c1-10-8-22-14(16-10)11(2)17-15(19)18-4-5-20-13(7-18)12-3-6-21-9-12/h3,6,8-9,11,13H,4-5,7H2,1-2H3,(H,17,19)/t11-,13+/m1/s1. The lowest BCUT2D eigenvalue weighted by Crippen LogP contribution is -2.47. The summed E-state index contributed by atoms with van der Waals surface area (Å²) in [5, 5.41) is 10.1. The van der Waals surface area contributed by atoms with Gasteiger partial charge in [0.2, 0.25) is 0 Å². The molecule has 1 aliphatic rings. The third kappa shape index (κ3) is 3.48. The summed E-state index contributed by atoms with van der Waals surface area (Å²) < 4.78 is 5.77. The van der Waals surface area contributed by atoms with Gasteiger partial charge in [-0.25, -0.2) is 9.78 Å². The molecular weight excluding hydrogens is 318 g/mol. The smallest absolute Gasteiger partial charge is 0.318 e. The number of aromatic nitrogens is 1. The fourth-order valence-corrected chi connectivity index (χ4v) is 3.91. The van der Waals surface area contributed by atoms with Gasteiger partial charge in [0.15, 0.2) is 0 Å². The van der Waals surface area contributed by atoms with Crippen LogP contribution in [0.5, 0.6) is 0 Å². The molecule has 2 amide bonds. The van der Waals surface area contributed by atoms with E-state index in [1.54, 1.807) is 22.7 Å². The van der Waals surface area contributed by atoms with Gasteiger partial charge in [0, 0.05) is 17.6 Å². The van der Waals surface area contributed by atoms with Crippen LogP contribution in [-0.4, -0.2) is 35.6 Å². The number of ether oxygens (including phenoxy) is 1. The van der Waals surface area contributed by atoms with Crippen LogP contribution in [0.2, 0.25) is 0 Å². The van der Waals surface area contributed by atoms with E-state index >= 15 is 0 Å². The average molecular weight is 337 g/mol. The monoisotopic (exact) mass is 337 g/mol. The first-order valence-corrected chi connectivity index (χ1v) is 9.07. The van der Waals surface area contributed by atoms with Crippen molar-refractivity contribution < 1.29 is 9.53 Å². The summed E-state index contributed by atoms with van der Waals surface area (Å²) in [4.78, 5) is 18.7.